The van der Waals surface area contributed by atoms with Crippen molar-refractivity contribution in [3.8, 4) is 11.5 Å². The van der Waals surface area contributed by atoms with Gasteiger partial charge in [0.05, 0.1) is 19.8 Å². The number of esters is 1. The topological polar surface area (TPSA) is 117 Å². The van der Waals surface area contributed by atoms with Crippen LogP contribution in [-0.4, -0.2) is 68.8 Å². The summed E-state index contributed by atoms with van der Waals surface area (Å²) in [4.78, 5) is 40.3. The second kappa shape index (κ2) is 9.18. The van der Waals surface area contributed by atoms with Crippen molar-refractivity contribution < 1.29 is 37.8 Å². The van der Waals surface area contributed by atoms with Crippen molar-refractivity contribution in [2.75, 3.05) is 39.5 Å². The summed E-state index contributed by atoms with van der Waals surface area (Å²) in [6.07, 6.45) is 0. The number of amides is 4. The molecule has 0 radical (unpaired) electrons. The van der Waals surface area contributed by atoms with Crippen LogP contribution in [0, 0.1) is 0 Å². The van der Waals surface area contributed by atoms with Gasteiger partial charge in [-0.25, -0.2) is 19.3 Å². The highest BCUT2D eigenvalue weighted by atomic mass is 16.7. The van der Waals surface area contributed by atoms with E-state index in [1.165, 1.54) is 26.2 Å². The number of likely N-dealkylation sites (N-methyl/N-ethyl adjacent to an activating group) is 1. The van der Waals surface area contributed by atoms with Gasteiger partial charge in [0.2, 0.25) is 0 Å². The van der Waals surface area contributed by atoms with Gasteiger partial charge in [-0.3, -0.25) is 0 Å². The first kappa shape index (κ1) is 26.4. The molecule has 4 amide bonds. The molecular formula is C23H36N3O7+. The van der Waals surface area contributed by atoms with Gasteiger partial charge < -0.3 is 24.7 Å². The third kappa shape index (κ3) is 5.39. The molecule has 0 bridgehead atoms. The van der Waals surface area contributed by atoms with E-state index in [1.807, 2.05) is 20.8 Å². The van der Waals surface area contributed by atoms with Gasteiger partial charge in [0, 0.05) is 18.7 Å². The monoisotopic (exact) mass is 466 g/mol. The molecule has 2 unspecified atom stereocenters. The lowest BCUT2D eigenvalue weighted by molar-refractivity contribution is -0.733. The van der Waals surface area contributed by atoms with E-state index in [0.29, 0.717) is 11.5 Å². The Kier molecular flexibility index (Phi) is 7.35. The molecule has 1 fully saturated rings. The maximum atomic E-state index is 13.6. The fourth-order valence-electron chi connectivity index (χ4n) is 3.59. The summed E-state index contributed by atoms with van der Waals surface area (Å²) in [6, 6.07) is 0.730. The average molecular weight is 467 g/mol. The Morgan fingerprint density at radius 1 is 1.15 bits per heavy atom. The third-order valence-electron chi connectivity index (χ3n) is 5.31. The lowest BCUT2D eigenvalue weighted by atomic mass is 9.85. The number of ether oxygens (including phenoxy) is 4. The minimum absolute atomic E-state index is 0.0938. The molecule has 0 saturated carbocycles. The summed E-state index contributed by atoms with van der Waals surface area (Å²) in [5.74, 6) is 0.136. The molecule has 2 N–H and O–H groups in total. The fraction of sp³-hybridized carbons (Fsp3) is 0.609. The normalized spacial score (nSPS) is 21.2. The lowest BCUT2D eigenvalue weighted by Crippen LogP contribution is -2.55. The van der Waals surface area contributed by atoms with Crippen LogP contribution in [0.15, 0.2) is 12.1 Å². The predicted molar refractivity (Wildman–Crippen MR) is 122 cm³/mol. The fourth-order valence-corrected chi connectivity index (χ4v) is 3.59. The molecule has 10 heteroatoms. The highest BCUT2D eigenvalue weighted by Gasteiger charge is 2.58. The van der Waals surface area contributed by atoms with Gasteiger partial charge in [-0.1, -0.05) is 20.8 Å². The van der Waals surface area contributed by atoms with Crippen LogP contribution in [0.4, 0.5) is 15.3 Å². The first-order chi connectivity index (χ1) is 15.1. The number of urea groups is 2. The quantitative estimate of drug-likeness (QED) is 0.389. The van der Waals surface area contributed by atoms with Crippen LogP contribution >= 0.6 is 0 Å². The van der Waals surface area contributed by atoms with Crippen LogP contribution < -0.4 is 20.1 Å². The Labute approximate surface area is 195 Å². The van der Waals surface area contributed by atoms with E-state index in [4.69, 9.17) is 24.7 Å². The molecule has 0 spiro atoms. The highest BCUT2D eigenvalue weighted by molar-refractivity contribution is 6.03. The van der Waals surface area contributed by atoms with E-state index in [9.17, 15) is 14.4 Å². The standard InChI is InChI=1S/C23H35N3O7/c1-22(2,3)15-10-14(31-9)11-16(18(15)32-13-30-8)25-17(19(27)33-23(4,5)6)12-26(7,20(24)28)21(25)29/h10-11,17H,12-13H2,1-9H3,(H-,24,28)/p+1. The second-order valence-electron chi connectivity index (χ2n) is 10.2. The Morgan fingerprint density at radius 3 is 2.21 bits per heavy atom. The molecule has 184 valence electrons. The molecule has 2 atom stereocenters. The Bertz CT molecular complexity index is 933. The molecule has 10 nitrogen and oxygen atoms in total. The van der Waals surface area contributed by atoms with Gasteiger partial charge in [-0.2, -0.15) is 4.48 Å². The molecular weight excluding hydrogens is 430 g/mol. The number of carbonyl (C=O) groups is 3. The maximum Gasteiger partial charge on any atom is 0.433 e. The molecule has 0 aromatic heterocycles. The number of anilines is 1. The van der Waals surface area contributed by atoms with Crippen LogP contribution in [0.2, 0.25) is 0 Å². The number of primary amides is 1. The summed E-state index contributed by atoms with van der Waals surface area (Å²) in [7, 11) is 4.36. The smallest absolute Gasteiger partial charge is 0.433 e. The van der Waals surface area contributed by atoms with Crippen LogP contribution in [0.1, 0.15) is 47.1 Å². The molecule has 1 heterocycles. The number of hydrogen-bond acceptors (Lipinski definition) is 7. The zero-order valence-electron chi connectivity index (χ0n) is 21.0. The van der Waals surface area contributed by atoms with E-state index in [0.717, 1.165) is 5.56 Å². The second-order valence-corrected chi connectivity index (χ2v) is 10.2. The number of rotatable bonds is 6. The maximum absolute atomic E-state index is 13.6. The Morgan fingerprint density at radius 2 is 1.76 bits per heavy atom. The molecule has 1 aromatic rings. The summed E-state index contributed by atoms with van der Waals surface area (Å²) in [5, 5.41) is 0. The molecule has 1 aliphatic rings. The number of nitrogens with two attached hydrogens (primary N) is 1. The van der Waals surface area contributed by atoms with Crippen LogP contribution in [-0.2, 0) is 19.7 Å². The SMILES string of the molecule is COCOc1c(N2C(=O)[N+](C)(C(N)=O)CC2C(=O)OC(C)(C)C)cc(OC)cc1C(C)(C)C. The average Bonchev–Trinajstić information content (AvgIpc) is 2.96. The number of methoxy groups -OCH3 is 2. The Hall–Kier alpha value is -2.85. The zero-order chi connectivity index (χ0) is 25.4. The molecule has 2 rings (SSSR count). The van der Waals surface area contributed by atoms with Crippen molar-refractivity contribution in [2.45, 2.75) is 58.6 Å². The number of quaternary nitrogens is 1. The van der Waals surface area contributed by atoms with Crippen molar-refractivity contribution in [3.05, 3.63) is 17.7 Å². The van der Waals surface area contributed by atoms with Gasteiger partial charge >= 0.3 is 18.0 Å². The molecule has 1 saturated heterocycles. The van der Waals surface area contributed by atoms with Gasteiger partial charge in [-0.05, 0) is 32.3 Å². The number of carbonyl (C=O) groups excluding carboxylic acids is 3. The van der Waals surface area contributed by atoms with Crippen LogP contribution in [0.5, 0.6) is 11.5 Å². The molecule has 1 aliphatic heterocycles. The summed E-state index contributed by atoms with van der Waals surface area (Å²) >= 11 is 0. The van der Waals surface area contributed by atoms with Crippen LogP contribution in [0.25, 0.3) is 0 Å². The van der Waals surface area contributed by atoms with Crippen LogP contribution in [0.3, 0.4) is 0 Å². The summed E-state index contributed by atoms with van der Waals surface area (Å²) in [6.45, 7) is 10.8. The van der Waals surface area contributed by atoms with Crippen molar-refractivity contribution in [1.29, 1.82) is 0 Å². The van der Waals surface area contributed by atoms with Crippen molar-refractivity contribution in [3.63, 3.8) is 0 Å². The van der Waals surface area contributed by atoms with Gasteiger partial charge in [-0.15, -0.1) is 0 Å². The Balaban J connectivity index is 2.81. The first-order valence-electron chi connectivity index (χ1n) is 10.6. The molecule has 33 heavy (non-hydrogen) atoms. The third-order valence-corrected chi connectivity index (χ3v) is 5.31. The minimum Gasteiger partial charge on any atom is -0.497 e. The number of benzene rings is 1. The first-order valence-corrected chi connectivity index (χ1v) is 10.6. The van der Waals surface area contributed by atoms with E-state index in [2.05, 4.69) is 0 Å². The highest BCUT2D eigenvalue weighted by Crippen LogP contribution is 2.45. The van der Waals surface area contributed by atoms with Crippen molar-refractivity contribution >= 4 is 23.7 Å². The summed E-state index contributed by atoms with van der Waals surface area (Å²) < 4.78 is 21.3. The molecule has 0 aliphatic carbocycles. The van der Waals surface area contributed by atoms with Crippen molar-refractivity contribution in [2.24, 2.45) is 5.73 Å². The van der Waals surface area contributed by atoms with E-state index >= 15 is 0 Å². The van der Waals surface area contributed by atoms with Crippen molar-refractivity contribution in [1.82, 2.24) is 0 Å². The number of nitrogens with zero attached hydrogens (tertiary/aromatic N) is 2. The van der Waals surface area contributed by atoms with E-state index in [1.54, 1.807) is 32.9 Å². The minimum atomic E-state index is -1.11. The number of imide groups is 1. The summed E-state index contributed by atoms with van der Waals surface area (Å²) in [5.41, 5.74) is 5.36. The lowest BCUT2D eigenvalue weighted by Gasteiger charge is -2.30. The van der Waals surface area contributed by atoms with Gasteiger partial charge in [0.15, 0.2) is 18.6 Å². The van der Waals surface area contributed by atoms with E-state index in [-0.39, 0.29) is 19.0 Å². The van der Waals surface area contributed by atoms with E-state index < -0.39 is 39.6 Å². The predicted octanol–water partition coefficient (Wildman–Crippen LogP) is 3.15. The zero-order valence-corrected chi connectivity index (χ0v) is 21.0. The number of hydrogen-bond donors (Lipinski definition) is 1. The largest absolute Gasteiger partial charge is 0.497 e. The van der Waals surface area contributed by atoms with Gasteiger partial charge in [0.25, 0.3) is 0 Å². The van der Waals surface area contributed by atoms with Gasteiger partial charge in [0.1, 0.15) is 17.9 Å². The molecule has 1 aromatic carbocycles.